The van der Waals surface area contributed by atoms with Crippen LogP contribution in [-0.2, 0) is 24.6 Å². The van der Waals surface area contributed by atoms with Gasteiger partial charge in [-0.1, -0.05) is 13.0 Å². The highest BCUT2D eigenvalue weighted by Crippen LogP contribution is 2.16. The summed E-state index contributed by atoms with van der Waals surface area (Å²) in [5, 5.41) is 3.01. The Morgan fingerprint density at radius 2 is 1.73 bits per heavy atom. The molecule has 0 aliphatic heterocycles. The molecule has 1 aromatic carbocycles. The molecule has 22 heavy (non-hydrogen) atoms. The van der Waals surface area contributed by atoms with Gasteiger partial charge in [-0.25, -0.2) is 21.6 Å². The molecule has 2 N–H and O–H groups in total. The first-order valence-corrected chi connectivity index (χ1v) is 9.99. The second-order valence-corrected chi connectivity index (χ2v) is 8.56. The van der Waals surface area contributed by atoms with Crippen molar-refractivity contribution in [2.75, 3.05) is 39.1 Å². The number of ether oxygens (including phenoxy) is 1. The van der Waals surface area contributed by atoms with Gasteiger partial charge in [0.2, 0.25) is 10.0 Å². The Hall–Kier alpha value is -1.00. The molecule has 0 spiro atoms. The van der Waals surface area contributed by atoms with E-state index in [1.165, 1.54) is 31.2 Å². The fourth-order valence-electron chi connectivity index (χ4n) is 1.66. The summed E-state index contributed by atoms with van der Waals surface area (Å²) < 4.78 is 55.1. The molecule has 0 saturated carbocycles. The fraction of sp³-hybridized carbons (Fsp3) is 0.538. The number of hydrogen-bond donors (Lipinski definition) is 2. The number of benzene rings is 1. The third-order valence-electron chi connectivity index (χ3n) is 2.93. The summed E-state index contributed by atoms with van der Waals surface area (Å²) in [6.45, 7) is 3.35. The van der Waals surface area contributed by atoms with Gasteiger partial charge in [-0.05, 0) is 18.2 Å². The van der Waals surface area contributed by atoms with Gasteiger partial charge in [0.1, 0.15) is 0 Å². The van der Waals surface area contributed by atoms with Gasteiger partial charge in [0.15, 0.2) is 9.84 Å². The van der Waals surface area contributed by atoms with Crippen molar-refractivity contribution in [1.82, 2.24) is 10.0 Å². The van der Waals surface area contributed by atoms with E-state index in [0.717, 1.165) is 0 Å². The summed E-state index contributed by atoms with van der Waals surface area (Å²) in [5.41, 5.74) is 0. The molecule has 1 aromatic rings. The van der Waals surface area contributed by atoms with Crippen molar-refractivity contribution >= 4 is 19.9 Å². The van der Waals surface area contributed by atoms with E-state index in [2.05, 4.69) is 10.0 Å². The topological polar surface area (TPSA) is 102 Å². The van der Waals surface area contributed by atoms with E-state index < -0.39 is 19.9 Å². The van der Waals surface area contributed by atoms with Crippen LogP contribution >= 0.6 is 0 Å². The molecule has 0 atom stereocenters. The lowest BCUT2D eigenvalue weighted by molar-refractivity contribution is 0.199. The molecule has 7 nitrogen and oxygen atoms in total. The van der Waals surface area contributed by atoms with Gasteiger partial charge in [0.25, 0.3) is 0 Å². The second kappa shape index (κ2) is 8.59. The number of rotatable bonds is 10. The van der Waals surface area contributed by atoms with Gasteiger partial charge in [0.05, 0.1) is 22.2 Å². The zero-order chi connectivity index (χ0) is 16.6. The smallest absolute Gasteiger partial charge is 0.240 e. The van der Waals surface area contributed by atoms with Gasteiger partial charge in [-0.15, -0.1) is 0 Å². The standard InChI is InChI=1S/C13H22N2O5S2/c1-3-21(16,17)12-5-4-6-13(11-12)22(18,19)15-8-7-14-9-10-20-2/h4-6,11,14-15H,3,7-10H2,1-2H3. The van der Waals surface area contributed by atoms with E-state index in [9.17, 15) is 16.8 Å². The Balaban J connectivity index is 2.72. The van der Waals surface area contributed by atoms with Crippen LogP contribution in [0.2, 0.25) is 0 Å². The number of methoxy groups -OCH3 is 1. The van der Waals surface area contributed by atoms with E-state index in [0.29, 0.717) is 19.7 Å². The molecule has 126 valence electrons. The highest BCUT2D eigenvalue weighted by Gasteiger charge is 2.18. The van der Waals surface area contributed by atoms with Crippen molar-refractivity contribution in [2.24, 2.45) is 0 Å². The number of sulfone groups is 1. The minimum atomic E-state index is -3.73. The normalized spacial score (nSPS) is 12.5. The molecular formula is C13H22N2O5S2. The van der Waals surface area contributed by atoms with Gasteiger partial charge in [0, 0.05) is 26.7 Å². The summed E-state index contributed by atoms with van der Waals surface area (Å²) in [6.07, 6.45) is 0. The third kappa shape index (κ3) is 5.65. The zero-order valence-corrected chi connectivity index (χ0v) is 14.3. The number of sulfonamides is 1. The van der Waals surface area contributed by atoms with Crippen molar-refractivity contribution in [3.05, 3.63) is 24.3 Å². The molecule has 0 fully saturated rings. The maximum atomic E-state index is 12.1. The van der Waals surface area contributed by atoms with Crippen LogP contribution in [0.25, 0.3) is 0 Å². The summed E-state index contributed by atoms with van der Waals surface area (Å²) >= 11 is 0. The molecule has 9 heteroatoms. The summed E-state index contributed by atoms with van der Waals surface area (Å²) in [6, 6.07) is 5.37. The first-order chi connectivity index (χ1) is 10.3. The third-order valence-corrected chi connectivity index (χ3v) is 6.12. The maximum Gasteiger partial charge on any atom is 0.240 e. The van der Waals surface area contributed by atoms with Gasteiger partial charge in [-0.2, -0.15) is 0 Å². The molecule has 0 amide bonds. The molecule has 0 saturated heterocycles. The largest absolute Gasteiger partial charge is 0.383 e. The zero-order valence-electron chi connectivity index (χ0n) is 12.7. The lowest BCUT2D eigenvalue weighted by Crippen LogP contribution is -2.33. The molecule has 0 aromatic heterocycles. The van der Waals surface area contributed by atoms with E-state index >= 15 is 0 Å². The molecule has 0 aliphatic rings. The van der Waals surface area contributed by atoms with Crippen molar-refractivity contribution in [1.29, 1.82) is 0 Å². The summed E-state index contributed by atoms with van der Waals surface area (Å²) in [4.78, 5) is -0.0463. The number of hydrogen-bond acceptors (Lipinski definition) is 6. The fourth-order valence-corrected chi connectivity index (χ4v) is 3.74. The molecule has 0 radical (unpaired) electrons. The van der Waals surface area contributed by atoms with Crippen molar-refractivity contribution in [2.45, 2.75) is 16.7 Å². The Bertz CT molecular complexity index is 671. The van der Waals surface area contributed by atoms with Gasteiger partial charge >= 0.3 is 0 Å². The number of nitrogens with one attached hydrogen (secondary N) is 2. The quantitative estimate of drug-likeness (QED) is 0.576. The maximum absolute atomic E-state index is 12.1. The van der Waals surface area contributed by atoms with Crippen LogP contribution in [0.3, 0.4) is 0 Å². The van der Waals surface area contributed by atoms with E-state index in [4.69, 9.17) is 4.74 Å². The van der Waals surface area contributed by atoms with Crippen LogP contribution in [-0.4, -0.2) is 55.9 Å². The van der Waals surface area contributed by atoms with Gasteiger partial charge in [-0.3, -0.25) is 0 Å². The Morgan fingerprint density at radius 1 is 1.05 bits per heavy atom. The lowest BCUT2D eigenvalue weighted by atomic mass is 10.4. The lowest BCUT2D eigenvalue weighted by Gasteiger charge is -2.09. The highest BCUT2D eigenvalue weighted by atomic mass is 32.2. The molecule has 0 heterocycles. The van der Waals surface area contributed by atoms with Crippen molar-refractivity contribution in [3.8, 4) is 0 Å². The predicted octanol–water partition coefficient (Wildman–Crippen LogP) is -0.00550. The van der Waals surface area contributed by atoms with E-state index in [1.807, 2.05) is 0 Å². The second-order valence-electron chi connectivity index (χ2n) is 4.52. The molecule has 0 bridgehead atoms. The molecule has 1 rings (SSSR count). The summed E-state index contributed by atoms with van der Waals surface area (Å²) in [5.74, 6) is -0.0760. The minimum absolute atomic E-state index is 0.0103. The predicted molar refractivity (Wildman–Crippen MR) is 84.1 cm³/mol. The Labute approximate surface area is 132 Å². The highest BCUT2D eigenvalue weighted by molar-refractivity contribution is 7.91. The van der Waals surface area contributed by atoms with Crippen LogP contribution in [0.4, 0.5) is 0 Å². The van der Waals surface area contributed by atoms with Crippen LogP contribution in [0.15, 0.2) is 34.1 Å². The first-order valence-electron chi connectivity index (χ1n) is 6.85. The average molecular weight is 350 g/mol. The van der Waals surface area contributed by atoms with Crippen LogP contribution < -0.4 is 10.0 Å². The van der Waals surface area contributed by atoms with Crippen LogP contribution in [0.1, 0.15) is 6.92 Å². The first kappa shape index (κ1) is 19.0. The SMILES string of the molecule is CCS(=O)(=O)c1cccc(S(=O)(=O)NCCNCCOC)c1. The molecule has 0 aliphatic carbocycles. The van der Waals surface area contributed by atoms with E-state index in [1.54, 1.807) is 7.11 Å². The van der Waals surface area contributed by atoms with Crippen LogP contribution in [0.5, 0.6) is 0 Å². The average Bonchev–Trinajstić information content (AvgIpc) is 2.51. The molecule has 0 unspecified atom stereocenters. The van der Waals surface area contributed by atoms with Crippen molar-refractivity contribution in [3.63, 3.8) is 0 Å². The molecular weight excluding hydrogens is 328 g/mol. The van der Waals surface area contributed by atoms with Crippen molar-refractivity contribution < 1.29 is 21.6 Å². The van der Waals surface area contributed by atoms with Crippen LogP contribution in [0, 0.1) is 0 Å². The summed E-state index contributed by atoms with van der Waals surface area (Å²) in [7, 11) is -5.58. The Morgan fingerprint density at radius 3 is 2.36 bits per heavy atom. The van der Waals surface area contributed by atoms with E-state index in [-0.39, 0.29) is 22.1 Å². The Kier molecular flexibility index (Phi) is 7.43. The monoisotopic (exact) mass is 350 g/mol. The van der Waals surface area contributed by atoms with Gasteiger partial charge < -0.3 is 10.1 Å². The minimum Gasteiger partial charge on any atom is -0.383 e.